The number of pyridine rings is 1. The number of para-hydroxylation sites is 1. The van der Waals surface area contributed by atoms with E-state index in [9.17, 15) is 4.79 Å². The van der Waals surface area contributed by atoms with E-state index in [-0.39, 0.29) is 16.9 Å². The van der Waals surface area contributed by atoms with Gasteiger partial charge in [0.05, 0.1) is 27.9 Å². The minimum atomic E-state index is -3.03. The lowest BCUT2D eigenvalue weighted by Crippen LogP contribution is -2.69. The number of benzene rings is 3. The average Bonchev–Trinajstić information content (AvgIpc) is 3.71. The topological polar surface area (TPSA) is 111 Å². The lowest BCUT2D eigenvalue weighted by molar-refractivity contribution is -0.124. The fourth-order valence-electron chi connectivity index (χ4n) is 7.79. The first kappa shape index (κ1) is 36.5. The zero-order valence-electron chi connectivity index (χ0n) is 31.3. The summed E-state index contributed by atoms with van der Waals surface area (Å²) in [5.41, 5.74) is 4.32. The van der Waals surface area contributed by atoms with Crippen LogP contribution in [0.5, 0.6) is 0 Å². The molecule has 11 heteroatoms. The number of aromatic nitrogens is 4. The number of fused-ring (bicyclic) bond motifs is 1. The average molecular weight is 743 g/mol. The Morgan fingerprint density at radius 2 is 1.47 bits per heavy atom. The quantitative estimate of drug-likeness (QED) is 0.128. The maximum absolute atomic E-state index is 13.6. The Bertz CT molecular complexity index is 2130. The summed E-state index contributed by atoms with van der Waals surface area (Å²) in [6, 6.07) is 32.8. The van der Waals surface area contributed by atoms with Crippen LogP contribution >= 0.6 is 11.3 Å². The number of aryl methyl sites for hydroxylation is 2. The Morgan fingerprint density at radius 3 is 2.06 bits per heavy atom. The van der Waals surface area contributed by atoms with Crippen molar-refractivity contribution in [1.29, 1.82) is 0 Å². The van der Waals surface area contributed by atoms with Crippen LogP contribution in [0.3, 0.4) is 0 Å². The Labute approximate surface area is 316 Å². The van der Waals surface area contributed by atoms with Gasteiger partial charge in [-0.05, 0) is 66.9 Å². The van der Waals surface area contributed by atoms with Crippen molar-refractivity contribution in [2.45, 2.75) is 71.3 Å². The number of rotatable bonds is 11. The van der Waals surface area contributed by atoms with Crippen molar-refractivity contribution >= 4 is 63.5 Å². The molecule has 1 fully saturated rings. The van der Waals surface area contributed by atoms with Gasteiger partial charge >= 0.3 is 0 Å². The van der Waals surface area contributed by atoms with Crippen LogP contribution in [0.15, 0.2) is 103 Å². The molecule has 1 aliphatic carbocycles. The summed E-state index contributed by atoms with van der Waals surface area (Å²) in [4.78, 5) is 32.9. The number of Topliss-reactive ketones (excluding diaryl/α,β-unsaturated/α-hetero) is 1. The van der Waals surface area contributed by atoms with E-state index in [1.165, 1.54) is 0 Å². The number of ether oxygens (including phenoxy) is 1. The van der Waals surface area contributed by atoms with Gasteiger partial charge in [-0.1, -0.05) is 93.6 Å². The van der Waals surface area contributed by atoms with Gasteiger partial charge < -0.3 is 19.8 Å². The van der Waals surface area contributed by atoms with Crippen LogP contribution in [0.25, 0.3) is 20.8 Å². The van der Waals surface area contributed by atoms with E-state index in [4.69, 9.17) is 24.1 Å². The van der Waals surface area contributed by atoms with Gasteiger partial charge in [0, 0.05) is 36.3 Å². The van der Waals surface area contributed by atoms with E-state index in [0.717, 1.165) is 48.2 Å². The molecule has 2 N–H and O–H groups in total. The highest BCUT2D eigenvalue weighted by atomic mass is 32.1. The van der Waals surface area contributed by atoms with E-state index in [0.29, 0.717) is 18.2 Å². The van der Waals surface area contributed by atoms with Crippen LogP contribution in [0.1, 0.15) is 45.5 Å². The first-order valence-corrected chi connectivity index (χ1v) is 20.7. The van der Waals surface area contributed by atoms with Crippen LogP contribution < -0.4 is 21.0 Å². The summed E-state index contributed by atoms with van der Waals surface area (Å²) in [6.45, 7) is 12.3. The van der Waals surface area contributed by atoms with Gasteiger partial charge in [0.2, 0.25) is 5.95 Å². The number of anilines is 3. The Balaban J connectivity index is 1.31. The summed E-state index contributed by atoms with van der Waals surface area (Å²) >= 11 is 1.59. The highest BCUT2D eigenvalue weighted by Crippen LogP contribution is 2.43. The predicted octanol–water partition coefficient (Wildman–Crippen LogP) is 7.86. The third-order valence-corrected chi connectivity index (χ3v) is 16.2. The standard InChI is InChI=1S/C42H46N6O3SSi/c1-26-22-29(23-27(2)44-26)45-41-43-25-33(40-47-34-20-14-15-21-36(34)52-40)39(48-41)46-35-24-32(28(3)49)37(38(35)50-7)51-53(42(4,5)6,30-16-10-8-11-17-30)31-18-12-9-13-19-31/h8-23,25,32,35,37-38H,24H2,1-7H3,(H2,43,44,45,46,48)/t32-,35-,37?,38+/m1/s1. The van der Waals surface area contributed by atoms with Crippen molar-refractivity contribution in [1.82, 2.24) is 19.9 Å². The lowest BCUT2D eigenvalue weighted by Gasteiger charge is -2.46. The molecule has 9 nitrogen and oxygen atoms in total. The molecule has 1 aliphatic rings. The molecule has 3 aromatic carbocycles. The summed E-state index contributed by atoms with van der Waals surface area (Å²) in [5.74, 6) is 0.688. The molecule has 0 radical (unpaired) electrons. The molecule has 0 aliphatic heterocycles. The van der Waals surface area contributed by atoms with E-state index in [1.807, 2.05) is 62.5 Å². The normalized spacial score (nSPS) is 19.0. The zero-order chi connectivity index (χ0) is 37.3. The lowest BCUT2D eigenvalue weighted by atomic mass is 10.0. The van der Waals surface area contributed by atoms with Gasteiger partial charge in [-0.3, -0.25) is 9.78 Å². The number of ketones is 1. The molecule has 6 aromatic rings. The summed E-state index contributed by atoms with van der Waals surface area (Å²) in [5, 5.41) is 9.94. The predicted molar refractivity (Wildman–Crippen MR) is 217 cm³/mol. The SMILES string of the molecule is CO[C@@H]1C(O[Si](c2ccccc2)(c2ccccc2)C(C)(C)C)[C@@H](C(C)=O)C[C@H]1Nc1nc(Nc2cc(C)nc(C)c2)ncc1-c1nc2ccccc2s1. The Morgan fingerprint density at radius 1 is 0.849 bits per heavy atom. The molecule has 272 valence electrons. The molecule has 3 aromatic heterocycles. The molecule has 0 saturated heterocycles. The third-order valence-electron chi connectivity index (χ3n) is 10.1. The number of carbonyl (C=O) groups is 1. The fourth-order valence-corrected chi connectivity index (χ4v) is 13.5. The van der Waals surface area contributed by atoms with Crippen LogP contribution in [0, 0.1) is 19.8 Å². The fraction of sp³-hybridized carbons (Fsp3) is 0.310. The molecule has 0 amide bonds. The minimum absolute atomic E-state index is 0.0687. The van der Waals surface area contributed by atoms with Crippen molar-refractivity contribution in [2.75, 3.05) is 17.7 Å². The zero-order valence-corrected chi connectivity index (χ0v) is 33.1. The first-order chi connectivity index (χ1) is 25.5. The Kier molecular flexibility index (Phi) is 10.3. The van der Waals surface area contributed by atoms with Crippen molar-refractivity contribution in [2.24, 2.45) is 5.92 Å². The molecule has 1 unspecified atom stereocenters. The van der Waals surface area contributed by atoms with Gasteiger partial charge in [-0.15, -0.1) is 11.3 Å². The monoisotopic (exact) mass is 742 g/mol. The second kappa shape index (κ2) is 14.9. The van der Waals surface area contributed by atoms with Gasteiger partial charge in [0.25, 0.3) is 8.32 Å². The van der Waals surface area contributed by atoms with Crippen LogP contribution in [0.2, 0.25) is 5.04 Å². The molecule has 0 spiro atoms. The van der Waals surface area contributed by atoms with Crippen LogP contribution in [0.4, 0.5) is 17.5 Å². The molecule has 7 rings (SSSR count). The van der Waals surface area contributed by atoms with Crippen LogP contribution in [-0.2, 0) is 14.0 Å². The third kappa shape index (κ3) is 7.26. The summed E-state index contributed by atoms with van der Waals surface area (Å²) in [6.07, 6.45) is 1.33. The second-order valence-corrected chi connectivity index (χ2v) is 20.1. The number of thiazole rings is 1. The van der Waals surface area contributed by atoms with E-state index in [2.05, 4.69) is 91.0 Å². The minimum Gasteiger partial charge on any atom is -0.401 e. The summed E-state index contributed by atoms with van der Waals surface area (Å²) in [7, 11) is -1.33. The van der Waals surface area contributed by atoms with Crippen molar-refractivity contribution in [3.8, 4) is 10.6 Å². The molecule has 3 heterocycles. The van der Waals surface area contributed by atoms with Crippen molar-refractivity contribution in [3.63, 3.8) is 0 Å². The van der Waals surface area contributed by atoms with E-state index in [1.54, 1.807) is 25.4 Å². The maximum Gasteiger partial charge on any atom is 0.261 e. The molecular formula is C42H46N6O3SSi. The number of nitrogens with one attached hydrogen (secondary N) is 2. The molecule has 0 bridgehead atoms. The van der Waals surface area contributed by atoms with E-state index >= 15 is 0 Å². The smallest absolute Gasteiger partial charge is 0.261 e. The number of nitrogens with zero attached hydrogens (tertiary/aromatic N) is 4. The number of hydrogen-bond acceptors (Lipinski definition) is 10. The van der Waals surface area contributed by atoms with Crippen molar-refractivity contribution in [3.05, 3.63) is 115 Å². The first-order valence-electron chi connectivity index (χ1n) is 18.0. The molecular weight excluding hydrogens is 697 g/mol. The molecule has 4 atom stereocenters. The maximum atomic E-state index is 13.6. The van der Waals surface area contributed by atoms with Crippen LogP contribution in [-0.4, -0.2) is 59.4 Å². The van der Waals surface area contributed by atoms with Gasteiger partial charge in [0.1, 0.15) is 22.7 Å². The largest absolute Gasteiger partial charge is 0.401 e. The highest BCUT2D eigenvalue weighted by Gasteiger charge is 2.56. The molecule has 1 saturated carbocycles. The number of hydrogen-bond donors (Lipinski definition) is 2. The van der Waals surface area contributed by atoms with E-state index < -0.39 is 26.4 Å². The summed E-state index contributed by atoms with van der Waals surface area (Å²) < 4.78 is 15.1. The Hall–Kier alpha value is -4.81. The van der Waals surface area contributed by atoms with Gasteiger partial charge in [-0.2, -0.15) is 4.98 Å². The number of carbonyl (C=O) groups excluding carboxylic acids is 1. The van der Waals surface area contributed by atoms with Gasteiger partial charge in [-0.25, -0.2) is 9.97 Å². The van der Waals surface area contributed by atoms with Crippen molar-refractivity contribution < 1.29 is 14.0 Å². The van der Waals surface area contributed by atoms with Gasteiger partial charge in [0.15, 0.2) is 0 Å². The molecule has 53 heavy (non-hydrogen) atoms. The number of methoxy groups -OCH3 is 1. The highest BCUT2D eigenvalue weighted by molar-refractivity contribution is 7.21. The second-order valence-electron chi connectivity index (χ2n) is 14.9.